The second-order valence-corrected chi connectivity index (χ2v) is 5.21. The fourth-order valence-corrected chi connectivity index (χ4v) is 2.31. The van der Waals surface area contributed by atoms with Gasteiger partial charge in [0.05, 0.1) is 16.4 Å². The summed E-state index contributed by atoms with van der Waals surface area (Å²) in [6.45, 7) is 4.54. The normalized spacial score (nSPS) is 10.7. The number of rotatable bonds is 5. The van der Waals surface area contributed by atoms with Crippen molar-refractivity contribution in [3.8, 4) is 5.75 Å². The first kappa shape index (κ1) is 15.7. The number of halogens is 2. The van der Waals surface area contributed by atoms with Gasteiger partial charge >= 0.3 is 5.97 Å². The van der Waals surface area contributed by atoms with Gasteiger partial charge in [0.25, 0.3) is 0 Å². The minimum Gasteiger partial charge on any atom is -0.486 e. The molecule has 1 N–H and O–H groups in total. The van der Waals surface area contributed by atoms with Crippen LogP contribution in [-0.4, -0.2) is 20.9 Å². The maximum atomic E-state index is 11.2. The van der Waals surface area contributed by atoms with E-state index < -0.39 is 5.97 Å². The highest BCUT2D eigenvalue weighted by Crippen LogP contribution is 2.26. The van der Waals surface area contributed by atoms with Crippen molar-refractivity contribution in [1.82, 2.24) is 9.78 Å². The van der Waals surface area contributed by atoms with Crippen molar-refractivity contribution in [3.63, 3.8) is 0 Å². The number of aryl methyl sites for hydroxylation is 2. The highest BCUT2D eigenvalue weighted by molar-refractivity contribution is 6.32. The van der Waals surface area contributed by atoms with Gasteiger partial charge in [-0.25, -0.2) is 4.79 Å². The van der Waals surface area contributed by atoms with Crippen LogP contribution in [0.15, 0.2) is 18.2 Å². The van der Waals surface area contributed by atoms with E-state index in [1.54, 1.807) is 10.7 Å². The van der Waals surface area contributed by atoms with Gasteiger partial charge in [0.2, 0.25) is 0 Å². The van der Waals surface area contributed by atoms with Crippen LogP contribution in [-0.2, 0) is 13.2 Å². The molecular formula is C14H14Cl2N2O3. The Morgan fingerprint density at radius 1 is 1.43 bits per heavy atom. The molecule has 0 saturated carbocycles. The van der Waals surface area contributed by atoms with Gasteiger partial charge in [-0.05, 0) is 32.0 Å². The molecule has 0 bridgehead atoms. The minimum atomic E-state index is -1.10. The number of carbonyl (C=O) groups is 1. The Balaban J connectivity index is 2.27. The first-order valence-corrected chi connectivity index (χ1v) is 7.07. The van der Waals surface area contributed by atoms with Gasteiger partial charge in [0.1, 0.15) is 17.9 Å². The molecule has 1 heterocycles. The third kappa shape index (κ3) is 3.31. The standard InChI is InChI=1S/C14H14Cl2N2O3/c1-3-18-11(13(16)8(2)17-18)7-21-12-5-4-9(15)6-10(12)14(19)20/h4-6H,3,7H2,1-2H3,(H,19,20). The Labute approximate surface area is 132 Å². The third-order valence-electron chi connectivity index (χ3n) is 2.99. The molecule has 0 saturated heterocycles. The van der Waals surface area contributed by atoms with E-state index >= 15 is 0 Å². The van der Waals surface area contributed by atoms with E-state index in [0.29, 0.717) is 28.0 Å². The maximum absolute atomic E-state index is 11.2. The Morgan fingerprint density at radius 2 is 2.14 bits per heavy atom. The summed E-state index contributed by atoms with van der Waals surface area (Å²) in [6.07, 6.45) is 0. The van der Waals surface area contributed by atoms with Gasteiger partial charge in [0.15, 0.2) is 0 Å². The Kier molecular flexibility index (Phi) is 4.75. The van der Waals surface area contributed by atoms with Crippen LogP contribution >= 0.6 is 23.2 Å². The number of aromatic carboxylic acids is 1. The van der Waals surface area contributed by atoms with E-state index in [9.17, 15) is 4.79 Å². The predicted molar refractivity (Wildman–Crippen MR) is 80.4 cm³/mol. The number of nitrogens with zero attached hydrogens (tertiary/aromatic N) is 2. The van der Waals surface area contributed by atoms with Gasteiger partial charge in [-0.2, -0.15) is 5.10 Å². The third-order valence-corrected chi connectivity index (χ3v) is 3.72. The summed E-state index contributed by atoms with van der Waals surface area (Å²) in [5.41, 5.74) is 1.44. The molecule has 0 unspecified atom stereocenters. The number of benzene rings is 1. The number of aromatic nitrogens is 2. The van der Waals surface area contributed by atoms with Gasteiger partial charge in [-0.1, -0.05) is 23.2 Å². The zero-order valence-electron chi connectivity index (χ0n) is 11.6. The molecule has 1 aromatic carbocycles. The van der Waals surface area contributed by atoms with Crippen molar-refractivity contribution in [3.05, 3.63) is 45.2 Å². The van der Waals surface area contributed by atoms with Crippen LogP contribution in [0.5, 0.6) is 5.75 Å². The molecular weight excluding hydrogens is 315 g/mol. The maximum Gasteiger partial charge on any atom is 0.339 e. The lowest BCUT2D eigenvalue weighted by molar-refractivity contribution is 0.0691. The van der Waals surface area contributed by atoms with Crippen molar-refractivity contribution in [2.45, 2.75) is 27.0 Å². The molecule has 0 radical (unpaired) electrons. The second-order valence-electron chi connectivity index (χ2n) is 4.40. The molecule has 0 fully saturated rings. The molecule has 0 aliphatic rings. The van der Waals surface area contributed by atoms with Crippen LogP contribution < -0.4 is 4.74 Å². The molecule has 0 aliphatic heterocycles. The minimum absolute atomic E-state index is 0.0120. The van der Waals surface area contributed by atoms with Gasteiger partial charge in [-0.3, -0.25) is 4.68 Å². The molecule has 7 heteroatoms. The average molecular weight is 329 g/mol. The van der Waals surface area contributed by atoms with Crippen LogP contribution in [0.2, 0.25) is 10.0 Å². The quantitative estimate of drug-likeness (QED) is 0.906. The molecule has 0 spiro atoms. The zero-order chi connectivity index (χ0) is 15.6. The predicted octanol–water partition coefficient (Wildman–Crippen LogP) is 3.80. The van der Waals surface area contributed by atoms with Crippen LogP contribution in [0.4, 0.5) is 0 Å². The van der Waals surface area contributed by atoms with Gasteiger partial charge < -0.3 is 9.84 Å². The molecule has 2 rings (SSSR count). The molecule has 2 aromatic rings. The molecule has 0 amide bonds. The highest BCUT2D eigenvalue weighted by atomic mass is 35.5. The van der Waals surface area contributed by atoms with E-state index in [2.05, 4.69) is 5.10 Å². The van der Waals surface area contributed by atoms with E-state index in [4.69, 9.17) is 33.0 Å². The summed E-state index contributed by atoms with van der Waals surface area (Å²) in [6, 6.07) is 4.45. The molecule has 0 aliphatic carbocycles. The van der Waals surface area contributed by atoms with Gasteiger partial charge in [-0.15, -0.1) is 0 Å². The Bertz CT molecular complexity index is 683. The SMILES string of the molecule is CCn1nc(C)c(Cl)c1COc1ccc(Cl)cc1C(=O)O. The van der Waals surface area contributed by atoms with Crippen molar-refractivity contribution in [2.75, 3.05) is 0 Å². The lowest BCUT2D eigenvalue weighted by Crippen LogP contribution is -2.08. The summed E-state index contributed by atoms with van der Waals surface area (Å²) < 4.78 is 7.32. The van der Waals surface area contributed by atoms with Crippen molar-refractivity contribution >= 4 is 29.2 Å². The van der Waals surface area contributed by atoms with E-state index in [1.165, 1.54) is 12.1 Å². The fraction of sp³-hybridized carbons (Fsp3) is 0.286. The average Bonchev–Trinajstić information content (AvgIpc) is 2.72. The van der Waals surface area contributed by atoms with E-state index in [-0.39, 0.29) is 17.9 Å². The number of hydrogen-bond acceptors (Lipinski definition) is 3. The fourth-order valence-electron chi connectivity index (χ4n) is 1.95. The van der Waals surface area contributed by atoms with Crippen molar-refractivity contribution in [2.24, 2.45) is 0 Å². The zero-order valence-corrected chi connectivity index (χ0v) is 13.1. The van der Waals surface area contributed by atoms with E-state index in [1.807, 2.05) is 13.8 Å². The highest BCUT2D eigenvalue weighted by Gasteiger charge is 2.16. The van der Waals surface area contributed by atoms with E-state index in [0.717, 1.165) is 0 Å². The first-order valence-electron chi connectivity index (χ1n) is 6.31. The van der Waals surface area contributed by atoms with Crippen molar-refractivity contribution in [1.29, 1.82) is 0 Å². The Hall–Kier alpha value is -1.72. The number of ether oxygens (including phenoxy) is 1. The van der Waals surface area contributed by atoms with Crippen LogP contribution in [0.1, 0.15) is 28.7 Å². The molecule has 0 atom stereocenters. The molecule has 5 nitrogen and oxygen atoms in total. The topological polar surface area (TPSA) is 64.4 Å². The number of hydrogen-bond donors (Lipinski definition) is 1. The number of carboxylic acid groups (broad SMARTS) is 1. The smallest absolute Gasteiger partial charge is 0.339 e. The number of carboxylic acids is 1. The monoisotopic (exact) mass is 328 g/mol. The Morgan fingerprint density at radius 3 is 2.76 bits per heavy atom. The second kappa shape index (κ2) is 6.37. The summed E-state index contributed by atoms with van der Waals surface area (Å²) in [7, 11) is 0. The summed E-state index contributed by atoms with van der Waals surface area (Å²) in [4.78, 5) is 11.2. The van der Waals surface area contributed by atoms with Crippen LogP contribution in [0.3, 0.4) is 0 Å². The summed E-state index contributed by atoms with van der Waals surface area (Å²) >= 11 is 12.0. The van der Waals surface area contributed by atoms with Crippen LogP contribution in [0.25, 0.3) is 0 Å². The van der Waals surface area contributed by atoms with Gasteiger partial charge in [0, 0.05) is 11.6 Å². The molecule has 1 aromatic heterocycles. The van der Waals surface area contributed by atoms with Crippen molar-refractivity contribution < 1.29 is 14.6 Å². The largest absolute Gasteiger partial charge is 0.486 e. The lowest BCUT2D eigenvalue weighted by Gasteiger charge is -2.11. The first-order chi connectivity index (χ1) is 9.93. The summed E-state index contributed by atoms with van der Waals surface area (Å²) in [5.74, 6) is -0.858. The summed E-state index contributed by atoms with van der Waals surface area (Å²) in [5, 5.41) is 14.3. The lowest BCUT2D eigenvalue weighted by atomic mass is 10.2. The molecule has 21 heavy (non-hydrogen) atoms. The van der Waals surface area contributed by atoms with Crippen LogP contribution in [0, 0.1) is 6.92 Å². The molecule has 112 valence electrons.